The molecule has 3 rings (SSSR count). The first-order chi connectivity index (χ1) is 10.9. The molecule has 0 radical (unpaired) electrons. The van der Waals surface area contributed by atoms with Gasteiger partial charge in [0.1, 0.15) is 0 Å². The zero-order valence-corrected chi connectivity index (χ0v) is 13.3. The van der Waals surface area contributed by atoms with Crippen LogP contribution in [0.25, 0.3) is 0 Å². The Morgan fingerprint density at radius 3 is 2.43 bits per heavy atom. The molecule has 1 N–H and O–H groups in total. The smallest absolute Gasteiger partial charge is 0.254 e. The molecule has 0 aromatic heterocycles. The van der Waals surface area contributed by atoms with E-state index in [2.05, 4.69) is 4.74 Å². The van der Waals surface area contributed by atoms with E-state index < -0.39 is 28.9 Å². The van der Waals surface area contributed by atoms with Gasteiger partial charge in [0, 0.05) is 18.0 Å². The van der Waals surface area contributed by atoms with E-state index in [1.807, 2.05) is 6.92 Å². The topological polar surface area (TPSA) is 49.8 Å². The summed E-state index contributed by atoms with van der Waals surface area (Å²) in [5, 5.41) is 10.9. The summed E-state index contributed by atoms with van der Waals surface area (Å²) in [4.78, 5) is 14.0. The van der Waals surface area contributed by atoms with E-state index in [0.29, 0.717) is 6.54 Å². The Kier molecular flexibility index (Phi) is 4.04. The van der Waals surface area contributed by atoms with Crippen molar-refractivity contribution in [1.82, 2.24) is 4.90 Å². The first-order valence-electron chi connectivity index (χ1n) is 7.91. The average Bonchev–Trinajstić information content (AvgIpc) is 2.72. The van der Waals surface area contributed by atoms with E-state index in [0.717, 1.165) is 31.4 Å². The Hall–Kier alpha value is -1.69. The lowest BCUT2D eigenvalue weighted by molar-refractivity contribution is -0.0660. The highest BCUT2D eigenvalue weighted by Crippen LogP contribution is 2.44. The summed E-state index contributed by atoms with van der Waals surface area (Å²) in [6, 6.07) is 1.96. The van der Waals surface area contributed by atoms with Crippen LogP contribution in [0.1, 0.15) is 36.5 Å². The Morgan fingerprint density at radius 1 is 1.35 bits per heavy atom. The molecule has 4 nitrogen and oxygen atoms in total. The molecule has 2 aliphatic rings. The molecule has 1 aromatic carbocycles. The van der Waals surface area contributed by atoms with Crippen LogP contribution in [0.3, 0.4) is 0 Å². The molecule has 1 saturated heterocycles. The maximum Gasteiger partial charge on any atom is 0.254 e. The Bertz CT molecular complexity index is 609. The average molecular weight is 325 g/mol. The van der Waals surface area contributed by atoms with Crippen molar-refractivity contribution in [2.24, 2.45) is 11.8 Å². The lowest BCUT2D eigenvalue weighted by Gasteiger charge is -2.41. The molecule has 2 fully saturated rings. The highest BCUT2D eigenvalue weighted by Gasteiger charge is 2.51. The number of nitrogens with zero attached hydrogens (tertiary/aromatic N) is 1. The van der Waals surface area contributed by atoms with Crippen LogP contribution in [0.15, 0.2) is 12.1 Å². The van der Waals surface area contributed by atoms with Gasteiger partial charge >= 0.3 is 0 Å². The van der Waals surface area contributed by atoms with Gasteiger partial charge in [0.25, 0.3) is 5.91 Å². The molecule has 23 heavy (non-hydrogen) atoms. The predicted octanol–water partition coefficient (Wildman–Crippen LogP) is 2.60. The number of benzene rings is 1. The van der Waals surface area contributed by atoms with E-state index in [4.69, 9.17) is 0 Å². The second kappa shape index (κ2) is 5.74. The van der Waals surface area contributed by atoms with Crippen molar-refractivity contribution >= 4 is 5.91 Å². The summed E-state index contributed by atoms with van der Waals surface area (Å²) >= 11 is 0. The monoisotopic (exact) mass is 325 g/mol. The number of hydrogen-bond donors (Lipinski definition) is 1. The van der Waals surface area contributed by atoms with Crippen LogP contribution in [-0.4, -0.2) is 41.7 Å². The van der Waals surface area contributed by atoms with E-state index >= 15 is 0 Å². The number of β-amino-alcohol motifs (C(OH)–C–C–N with tert-alkyl or cyclic N) is 1. The first-order valence-corrected chi connectivity index (χ1v) is 7.91. The number of amides is 1. The molecule has 2 unspecified atom stereocenters. The number of halogens is 2. The Labute approximate surface area is 134 Å². The minimum absolute atomic E-state index is 0.0512. The number of rotatable bonds is 3. The van der Waals surface area contributed by atoms with Gasteiger partial charge in [0.05, 0.1) is 19.3 Å². The summed E-state index contributed by atoms with van der Waals surface area (Å²) in [7, 11) is 1.17. The molecule has 1 aliphatic carbocycles. The molecular weight excluding hydrogens is 304 g/mol. The van der Waals surface area contributed by atoms with Gasteiger partial charge < -0.3 is 14.7 Å². The Morgan fingerprint density at radius 2 is 1.96 bits per heavy atom. The number of carbonyl (C=O) groups is 1. The minimum Gasteiger partial charge on any atom is -0.491 e. The molecule has 1 heterocycles. The SMILES string of the molecule is COc1c(F)cc(C(=O)N2CC(C)C(O)(C3CCC3)C2)cc1F. The highest BCUT2D eigenvalue weighted by atomic mass is 19.1. The number of ether oxygens (including phenoxy) is 1. The van der Waals surface area contributed by atoms with Crippen LogP contribution in [0.4, 0.5) is 8.78 Å². The molecule has 1 saturated carbocycles. The maximum absolute atomic E-state index is 13.8. The van der Waals surface area contributed by atoms with Crippen LogP contribution in [0.5, 0.6) is 5.75 Å². The van der Waals surface area contributed by atoms with Gasteiger partial charge in [0.2, 0.25) is 0 Å². The summed E-state index contributed by atoms with van der Waals surface area (Å²) in [6.07, 6.45) is 3.03. The van der Waals surface area contributed by atoms with Crippen molar-refractivity contribution in [2.75, 3.05) is 20.2 Å². The van der Waals surface area contributed by atoms with E-state index in [1.165, 1.54) is 12.0 Å². The summed E-state index contributed by atoms with van der Waals surface area (Å²) < 4.78 is 32.2. The third-order valence-corrected chi connectivity index (χ3v) is 5.34. The fraction of sp³-hybridized carbons (Fsp3) is 0.588. The van der Waals surface area contributed by atoms with Crippen molar-refractivity contribution in [2.45, 2.75) is 31.8 Å². The molecule has 1 amide bonds. The van der Waals surface area contributed by atoms with Crippen molar-refractivity contribution in [3.63, 3.8) is 0 Å². The van der Waals surface area contributed by atoms with Crippen LogP contribution >= 0.6 is 0 Å². The number of hydrogen-bond acceptors (Lipinski definition) is 3. The molecule has 0 bridgehead atoms. The van der Waals surface area contributed by atoms with Gasteiger partial charge in [-0.05, 0) is 30.9 Å². The van der Waals surface area contributed by atoms with Gasteiger partial charge in [-0.3, -0.25) is 4.79 Å². The summed E-state index contributed by atoms with van der Waals surface area (Å²) in [6.45, 7) is 2.52. The number of carbonyl (C=O) groups excluding carboxylic acids is 1. The van der Waals surface area contributed by atoms with Crippen LogP contribution in [0, 0.1) is 23.5 Å². The fourth-order valence-corrected chi connectivity index (χ4v) is 3.67. The van der Waals surface area contributed by atoms with Crippen LogP contribution < -0.4 is 4.74 Å². The van der Waals surface area contributed by atoms with Crippen molar-refractivity contribution in [3.05, 3.63) is 29.3 Å². The number of likely N-dealkylation sites (tertiary alicyclic amines) is 1. The normalized spacial score (nSPS) is 27.9. The van der Waals surface area contributed by atoms with E-state index in [-0.39, 0.29) is 23.9 Å². The zero-order chi connectivity index (χ0) is 16.8. The highest BCUT2D eigenvalue weighted by molar-refractivity contribution is 5.94. The third kappa shape index (κ3) is 2.59. The molecule has 1 aromatic rings. The molecular formula is C17H21F2NO3. The second-order valence-electron chi connectivity index (χ2n) is 6.68. The Balaban J connectivity index is 1.82. The quantitative estimate of drug-likeness (QED) is 0.929. The second-order valence-corrected chi connectivity index (χ2v) is 6.68. The first kappa shape index (κ1) is 16.2. The standard InChI is InChI=1S/C17H21F2NO3/c1-10-8-20(9-17(10,22)12-4-3-5-12)16(21)11-6-13(18)15(23-2)14(19)7-11/h6-7,10,12,22H,3-5,8-9H2,1-2H3. The third-order valence-electron chi connectivity index (χ3n) is 5.34. The molecule has 0 spiro atoms. The largest absolute Gasteiger partial charge is 0.491 e. The van der Waals surface area contributed by atoms with Crippen LogP contribution in [-0.2, 0) is 0 Å². The van der Waals surface area contributed by atoms with Crippen molar-refractivity contribution in [1.29, 1.82) is 0 Å². The molecule has 126 valence electrons. The predicted molar refractivity (Wildman–Crippen MR) is 80.3 cm³/mol. The number of methoxy groups -OCH3 is 1. The van der Waals surface area contributed by atoms with E-state index in [9.17, 15) is 18.7 Å². The lowest BCUT2D eigenvalue weighted by Crippen LogP contribution is -2.48. The van der Waals surface area contributed by atoms with Crippen molar-refractivity contribution in [3.8, 4) is 5.75 Å². The fourth-order valence-electron chi connectivity index (χ4n) is 3.67. The lowest BCUT2D eigenvalue weighted by atomic mass is 9.69. The molecule has 2 atom stereocenters. The summed E-state index contributed by atoms with van der Waals surface area (Å²) in [5.41, 5.74) is -0.955. The number of aliphatic hydroxyl groups is 1. The van der Waals surface area contributed by atoms with Gasteiger partial charge in [0.15, 0.2) is 17.4 Å². The van der Waals surface area contributed by atoms with Crippen LogP contribution in [0.2, 0.25) is 0 Å². The van der Waals surface area contributed by atoms with Gasteiger partial charge in [-0.25, -0.2) is 8.78 Å². The van der Waals surface area contributed by atoms with Gasteiger partial charge in [-0.1, -0.05) is 13.3 Å². The summed E-state index contributed by atoms with van der Waals surface area (Å²) in [5.74, 6) is -2.62. The van der Waals surface area contributed by atoms with Gasteiger partial charge in [-0.15, -0.1) is 0 Å². The van der Waals surface area contributed by atoms with E-state index in [1.54, 1.807) is 0 Å². The minimum atomic E-state index is -0.905. The van der Waals surface area contributed by atoms with Gasteiger partial charge in [-0.2, -0.15) is 0 Å². The molecule has 6 heteroatoms. The zero-order valence-electron chi connectivity index (χ0n) is 13.3. The molecule has 1 aliphatic heterocycles. The maximum atomic E-state index is 13.8. The van der Waals surface area contributed by atoms with Crippen molar-refractivity contribution < 1.29 is 23.4 Å².